The number of benzene rings is 2. The van der Waals surface area contributed by atoms with Gasteiger partial charge >= 0.3 is 0 Å². The molecule has 0 radical (unpaired) electrons. The van der Waals surface area contributed by atoms with Crippen LogP contribution in [0.2, 0.25) is 5.02 Å². The van der Waals surface area contributed by atoms with Gasteiger partial charge in [-0.1, -0.05) is 28.9 Å². The standard InChI is InChI=1S/C25H22ClN3O3/c1-13(30)14-2-3-18-17(4-7-28-22(18)9-14)19-11-16(26)8-15-10-23(31-24(15)19)25-20-12-27-6-5-21(20)29-32-25/h2-4,7-9,11,13,23,27,30H,5-6,10,12H2,1H3. The first-order valence-electron chi connectivity index (χ1n) is 10.8. The van der Waals surface area contributed by atoms with E-state index in [9.17, 15) is 5.11 Å². The van der Waals surface area contributed by atoms with E-state index in [-0.39, 0.29) is 6.10 Å². The van der Waals surface area contributed by atoms with Gasteiger partial charge in [-0.05, 0) is 42.3 Å². The van der Waals surface area contributed by atoms with Crippen molar-refractivity contribution < 1.29 is 14.4 Å². The number of fused-ring (bicyclic) bond motifs is 3. The lowest BCUT2D eigenvalue weighted by Crippen LogP contribution is -2.24. The number of nitrogens with zero attached hydrogens (tertiary/aromatic N) is 2. The fraction of sp³-hybridized carbons (Fsp3) is 0.280. The summed E-state index contributed by atoms with van der Waals surface area (Å²) in [5.74, 6) is 1.62. The van der Waals surface area contributed by atoms with Crippen LogP contribution < -0.4 is 10.1 Å². The third kappa shape index (κ3) is 3.18. The maximum Gasteiger partial charge on any atom is 0.182 e. The van der Waals surface area contributed by atoms with Gasteiger partial charge in [-0.2, -0.15) is 0 Å². The van der Waals surface area contributed by atoms with Crippen LogP contribution in [0.5, 0.6) is 5.75 Å². The molecule has 2 N–H and O–H groups in total. The van der Waals surface area contributed by atoms with Crippen LogP contribution in [0.25, 0.3) is 22.0 Å². The molecule has 0 amide bonds. The molecule has 0 saturated carbocycles. The molecule has 2 unspecified atom stereocenters. The second-order valence-corrected chi connectivity index (χ2v) is 8.90. The molecule has 7 heteroatoms. The summed E-state index contributed by atoms with van der Waals surface area (Å²) < 4.78 is 12.2. The summed E-state index contributed by atoms with van der Waals surface area (Å²) >= 11 is 6.53. The van der Waals surface area contributed by atoms with E-state index >= 15 is 0 Å². The van der Waals surface area contributed by atoms with Crippen molar-refractivity contribution in [2.24, 2.45) is 0 Å². The fourth-order valence-electron chi connectivity index (χ4n) is 4.75. The number of ether oxygens (including phenoxy) is 1. The molecule has 0 fully saturated rings. The van der Waals surface area contributed by atoms with E-state index in [2.05, 4.69) is 15.5 Å². The molecule has 32 heavy (non-hydrogen) atoms. The molecule has 2 aliphatic rings. The van der Waals surface area contributed by atoms with Crippen molar-refractivity contribution in [2.75, 3.05) is 6.54 Å². The minimum Gasteiger partial charge on any atom is -0.481 e. The summed E-state index contributed by atoms with van der Waals surface area (Å²) in [5, 5.41) is 19.3. The van der Waals surface area contributed by atoms with Crippen molar-refractivity contribution in [1.82, 2.24) is 15.5 Å². The van der Waals surface area contributed by atoms with Gasteiger partial charge in [-0.3, -0.25) is 4.98 Å². The minimum absolute atomic E-state index is 0.228. The van der Waals surface area contributed by atoms with E-state index in [0.29, 0.717) is 11.4 Å². The number of aliphatic hydroxyl groups is 1. The molecule has 2 aromatic heterocycles. The van der Waals surface area contributed by atoms with Crippen molar-refractivity contribution in [3.8, 4) is 16.9 Å². The maximum absolute atomic E-state index is 9.95. The number of rotatable bonds is 3. The molecule has 0 bridgehead atoms. The third-order valence-electron chi connectivity index (χ3n) is 6.37. The molecule has 2 aromatic carbocycles. The summed E-state index contributed by atoms with van der Waals surface area (Å²) in [5.41, 5.74) is 6.76. The molecular formula is C25H22ClN3O3. The molecule has 4 heterocycles. The molecule has 2 atom stereocenters. The highest BCUT2D eigenvalue weighted by molar-refractivity contribution is 6.31. The Morgan fingerprint density at radius 1 is 1.19 bits per heavy atom. The quantitative estimate of drug-likeness (QED) is 0.464. The number of nitrogens with one attached hydrogen (secondary N) is 1. The topological polar surface area (TPSA) is 80.4 Å². The van der Waals surface area contributed by atoms with E-state index in [4.69, 9.17) is 20.9 Å². The zero-order chi connectivity index (χ0) is 21.8. The fourth-order valence-corrected chi connectivity index (χ4v) is 4.99. The number of halogens is 1. The summed E-state index contributed by atoms with van der Waals surface area (Å²) in [7, 11) is 0. The molecule has 162 valence electrons. The molecular weight excluding hydrogens is 426 g/mol. The SMILES string of the molecule is CC(O)c1ccc2c(-c3cc(Cl)cc4c3OC(c3onc5c3CNCC5)C4)ccnc2c1. The van der Waals surface area contributed by atoms with E-state index in [0.717, 1.165) is 75.4 Å². The number of hydrogen-bond acceptors (Lipinski definition) is 6. The zero-order valence-electron chi connectivity index (χ0n) is 17.6. The first-order chi connectivity index (χ1) is 15.6. The first-order valence-corrected chi connectivity index (χ1v) is 11.2. The van der Waals surface area contributed by atoms with Crippen LogP contribution in [0.15, 0.2) is 47.1 Å². The highest BCUT2D eigenvalue weighted by Gasteiger charge is 2.34. The zero-order valence-corrected chi connectivity index (χ0v) is 18.3. The second-order valence-electron chi connectivity index (χ2n) is 8.46. The number of pyridine rings is 1. The Hall–Kier alpha value is -2.93. The molecule has 0 saturated heterocycles. The van der Waals surface area contributed by atoms with Crippen LogP contribution in [0, 0.1) is 0 Å². The van der Waals surface area contributed by atoms with Crippen LogP contribution in [0.4, 0.5) is 0 Å². The molecule has 2 aliphatic heterocycles. The van der Waals surface area contributed by atoms with Crippen LogP contribution in [0.1, 0.15) is 47.3 Å². The van der Waals surface area contributed by atoms with E-state index in [1.165, 1.54) is 0 Å². The van der Waals surface area contributed by atoms with Gasteiger partial charge in [0.25, 0.3) is 0 Å². The Bertz CT molecular complexity index is 1350. The highest BCUT2D eigenvalue weighted by atomic mass is 35.5. The van der Waals surface area contributed by atoms with Gasteiger partial charge < -0.3 is 19.7 Å². The lowest BCUT2D eigenvalue weighted by molar-refractivity contribution is 0.189. The predicted molar refractivity (Wildman–Crippen MR) is 122 cm³/mol. The average molecular weight is 448 g/mol. The van der Waals surface area contributed by atoms with Gasteiger partial charge in [0.1, 0.15) is 5.75 Å². The molecule has 4 aromatic rings. The Labute approximate surface area is 190 Å². The predicted octanol–water partition coefficient (Wildman–Crippen LogP) is 4.92. The molecule has 6 nitrogen and oxygen atoms in total. The number of hydrogen-bond donors (Lipinski definition) is 2. The highest BCUT2D eigenvalue weighted by Crippen LogP contribution is 2.47. The van der Waals surface area contributed by atoms with Gasteiger partial charge in [-0.15, -0.1) is 0 Å². The smallest absolute Gasteiger partial charge is 0.182 e. The molecule has 6 rings (SSSR count). The van der Waals surface area contributed by atoms with Gasteiger partial charge in [0, 0.05) is 59.2 Å². The summed E-state index contributed by atoms with van der Waals surface area (Å²) in [6.07, 6.45) is 2.55. The molecule has 0 aliphatic carbocycles. The second kappa shape index (κ2) is 7.59. The van der Waals surface area contributed by atoms with Crippen molar-refractivity contribution in [2.45, 2.75) is 38.5 Å². The van der Waals surface area contributed by atoms with Crippen molar-refractivity contribution >= 4 is 22.5 Å². The van der Waals surface area contributed by atoms with Crippen LogP contribution in [0.3, 0.4) is 0 Å². The Kier molecular flexibility index (Phi) is 4.68. The Morgan fingerprint density at radius 3 is 2.97 bits per heavy atom. The summed E-state index contributed by atoms with van der Waals surface area (Å²) in [6, 6.07) is 11.7. The minimum atomic E-state index is -0.549. The van der Waals surface area contributed by atoms with Gasteiger partial charge in [0.2, 0.25) is 0 Å². The Morgan fingerprint density at radius 2 is 2.09 bits per heavy atom. The maximum atomic E-state index is 9.95. The Balaban J connectivity index is 1.44. The van der Waals surface area contributed by atoms with Gasteiger partial charge in [-0.25, -0.2) is 0 Å². The van der Waals surface area contributed by atoms with E-state index in [1.807, 2.05) is 36.4 Å². The van der Waals surface area contributed by atoms with Crippen molar-refractivity contribution in [3.63, 3.8) is 0 Å². The average Bonchev–Trinajstić information content (AvgIpc) is 3.41. The number of aromatic nitrogens is 2. The van der Waals surface area contributed by atoms with Gasteiger partial charge in [0.15, 0.2) is 11.9 Å². The lowest BCUT2D eigenvalue weighted by Gasteiger charge is -2.15. The molecule has 0 spiro atoms. The van der Waals surface area contributed by atoms with Crippen LogP contribution >= 0.6 is 11.6 Å². The van der Waals surface area contributed by atoms with E-state index in [1.54, 1.807) is 13.1 Å². The monoisotopic (exact) mass is 447 g/mol. The lowest BCUT2D eigenvalue weighted by atomic mass is 9.96. The first kappa shape index (κ1) is 19.7. The van der Waals surface area contributed by atoms with E-state index < -0.39 is 6.10 Å². The number of aliphatic hydroxyl groups excluding tert-OH is 1. The van der Waals surface area contributed by atoms with Gasteiger partial charge in [0.05, 0.1) is 17.3 Å². The van der Waals surface area contributed by atoms with Crippen molar-refractivity contribution in [3.05, 3.63) is 75.8 Å². The summed E-state index contributed by atoms with van der Waals surface area (Å²) in [4.78, 5) is 4.52. The van der Waals surface area contributed by atoms with Crippen LogP contribution in [-0.2, 0) is 19.4 Å². The van der Waals surface area contributed by atoms with Crippen LogP contribution in [-0.4, -0.2) is 21.8 Å². The normalized spacial score (nSPS) is 18.3. The largest absolute Gasteiger partial charge is 0.481 e. The third-order valence-corrected chi connectivity index (χ3v) is 6.59. The summed E-state index contributed by atoms with van der Waals surface area (Å²) in [6.45, 7) is 3.41. The van der Waals surface area contributed by atoms with Crippen molar-refractivity contribution in [1.29, 1.82) is 0 Å².